The highest BCUT2D eigenvalue weighted by Crippen LogP contribution is 2.16. The fraction of sp³-hybridized carbons (Fsp3) is 0.185. The number of carbonyl (C=O) groups is 2. The number of benzene rings is 3. The molecule has 0 heterocycles. The van der Waals surface area contributed by atoms with Crippen molar-refractivity contribution in [2.24, 2.45) is 0 Å². The predicted molar refractivity (Wildman–Crippen MR) is 127 cm³/mol. The highest BCUT2D eigenvalue weighted by atomic mass is 16.5. The molecule has 164 valence electrons. The number of carbonyl (C=O) groups excluding carboxylic acids is 2. The van der Waals surface area contributed by atoms with Crippen LogP contribution in [-0.2, 0) is 16.1 Å². The average Bonchev–Trinajstić information content (AvgIpc) is 2.83. The zero-order chi connectivity index (χ0) is 22.6. The smallest absolute Gasteiger partial charge is 0.338 e. The van der Waals surface area contributed by atoms with Crippen molar-refractivity contribution in [3.63, 3.8) is 0 Å². The van der Waals surface area contributed by atoms with Crippen LogP contribution in [0.25, 0.3) is 6.08 Å². The van der Waals surface area contributed by atoms with Gasteiger partial charge in [0.05, 0.1) is 12.2 Å². The molecule has 0 fully saturated rings. The summed E-state index contributed by atoms with van der Waals surface area (Å²) < 4.78 is 11.0. The van der Waals surface area contributed by atoms with E-state index in [1.807, 2.05) is 61.5 Å². The van der Waals surface area contributed by atoms with Gasteiger partial charge in [-0.2, -0.15) is 0 Å². The fourth-order valence-corrected chi connectivity index (χ4v) is 2.89. The standard InChI is InChI=1S/C27H27NO4/c1-2-3-18-31-27(30)23-10-7-11-24(19-23)28-26(29)17-14-21-12-15-25(16-13-21)32-20-22-8-5-4-6-9-22/h4-17,19H,2-3,18,20H2,1H3,(H,28,29). The first-order valence-corrected chi connectivity index (χ1v) is 10.7. The second-order valence-corrected chi connectivity index (χ2v) is 7.24. The first kappa shape index (κ1) is 22.8. The summed E-state index contributed by atoms with van der Waals surface area (Å²) in [4.78, 5) is 24.3. The van der Waals surface area contributed by atoms with E-state index in [1.54, 1.807) is 30.3 Å². The third-order valence-corrected chi connectivity index (χ3v) is 4.65. The third kappa shape index (κ3) is 7.43. The van der Waals surface area contributed by atoms with Crippen molar-refractivity contribution >= 4 is 23.6 Å². The van der Waals surface area contributed by atoms with Gasteiger partial charge < -0.3 is 14.8 Å². The van der Waals surface area contributed by atoms with E-state index in [0.29, 0.717) is 24.5 Å². The molecule has 0 aromatic heterocycles. The van der Waals surface area contributed by atoms with Gasteiger partial charge in [0.15, 0.2) is 0 Å². The Kier molecular flexibility index (Phi) is 8.63. The van der Waals surface area contributed by atoms with E-state index in [4.69, 9.17) is 9.47 Å². The first-order valence-electron chi connectivity index (χ1n) is 10.7. The maximum Gasteiger partial charge on any atom is 0.338 e. The van der Waals surface area contributed by atoms with Crippen LogP contribution in [0.5, 0.6) is 5.75 Å². The average molecular weight is 430 g/mol. The molecule has 5 nitrogen and oxygen atoms in total. The zero-order valence-corrected chi connectivity index (χ0v) is 18.1. The molecule has 0 radical (unpaired) electrons. The zero-order valence-electron chi connectivity index (χ0n) is 18.1. The molecule has 0 aliphatic carbocycles. The summed E-state index contributed by atoms with van der Waals surface area (Å²) in [5.41, 5.74) is 2.93. The van der Waals surface area contributed by atoms with Crippen LogP contribution in [0.4, 0.5) is 5.69 Å². The largest absolute Gasteiger partial charge is 0.489 e. The van der Waals surface area contributed by atoms with Crippen LogP contribution >= 0.6 is 0 Å². The molecular formula is C27H27NO4. The quantitative estimate of drug-likeness (QED) is 0.248. The summed E-state index contributed by atoms with van der Waals surface area (Å²) in [6.07, 6.45) is 4.96. The maximum absolute atomic E-state index is 12.3. The van der Waals surface area contributed by atoms with Gasteiger partial charge in [0, 0.05) is 11.8 Å². The number of rotatable bonds is 10. The van der Waals surface area contributed by atoms with Crippen molar-refractivity contribution in [1.82, 2.24) is 0 Å². The van der Waals surface area contributed by atoms with E-state index in [-0.39, 0.29) is 11.9 Å². The highest BCUT2D eigenvalue weighted by molar-refractivity contribution is 6.02. The normalized spacial score (nSPS) is 10.7. The molecule has 0 aliphatic heterocycles. The van der Waals surface area contributed by atoms with Crippen molar-refractivity contribution in [3.05, 3.63) is 102 Å². The van der Waals surface area contributed by atoms with Crippen LogP contribution in [0, 0.1) is 0 Å². The van der Waals surface area contributed by atoms with E-state index < -0.39 is 0 Å². The summed E-state index contributed by atoms with van der Waals surface area (Å²) >= 11 is 0. The van der Waals surface area contributed by atoms with Crippen LogP contribution in [0.15, 0.2) is 84.9 Å². The van der Waals surface area contributed by atoms with Gasteiger partial charge in [0.1, 0.15) is 12.4 Å². The summed E-state index contributed by atoms with van der Waals surface area (Å²) in [5.74, 6) is 0.0867. The Labute approximate surface area is 188 Å². The monoisotopic (exact) mass is 429 g/mol. The molecule has 0 bridgehead atoms. The molecule has 1 amide bonds. The second kappa shape index (κ2) is 12.1. The van der Waals surface area contributed by atoms with Crippen molar-refractivity contribution in [2.45, 2.75) is 26.4 Å². The van der Waals surface area contributed by atoms with E-state index in [1.165, 1.54) is 6.08 Å². The Morgan fingerprint density at radius 3 is 2.47 bits per heavy atom. The minimum absolute atomic E-state index is 0.286. The van der Waals surface area contributed by atoms with Gasteiger partial charge in [-0.1, -0.05) is 61.9 Å². The Balaban J connectivity index is 1.50. The van der Waals surface area contributed by atoms with Crippen molar-refractivity contribution in [3.8, 4) is 5.75 Å². The van der Waals surface area contributed by atoms with E-state index in [0.717, 1.165) is 29.7 Å². The molecule has 5 heteroatoms. The van der Waals surface area contributed by atoms with Gasteiger partial charge in [-0.25, -0.2) is 4.79 Å². The van der Waals surface area contributed by atoms with Crippen LogP contribution < -0.4 is 10.1 Å². The molecule has 3 aromatic carbocycles. The molecule has 1 N–H and O–H groups in total. The number of amides is 1. The molecule has 3 rings (SSSR count). The summed E-state index contributed by atoms with van der Waals surface area (Å²) in [6.45, 7) is 2.93. The van der Waals surface area contributed by atoms with Crippen LogP contribution in [0.1, 0.15) is 41.3 Å². The second-order valence-electron chi connectivity index (χ2n) is 7.24. The third-order valence-electron chi connectivity index (χ3n) is 4.65. The fourth-order valence-electron chi connectivity index (χ4n) is 2.89. The lowest BCUT2D eigenvalue weighted by molar-refractivity contribution is -0.111. The van der Waals surface area contributed by atoms with Crippen molar-refractivity contribution < 1.29 is 19.1 Å². The summed E-state index contributed by atoms with van der Waals surface area (Å²) in [5, 5.41) is 2.77. The van der Waals surface area contributed by atoms with Gasteiger partial charge in [-0.15, -0.1) is 0 Å². The number of unbranched alkanes of at least 4 members (excludes halogenated alkanes) is 1. The lowest BCUT2D eigenvalue weighted by atomic mass is 10.2. The van der Waals surface area contributed by atoms with Gasteiger partial charge in [-0.3, -0.25) is 4.79 Å². The molecule has 0 saturated heterocycles. The Hall–Kier alpha value is -3.86. The highest BCUT2D eigenvalue weighted by Gasteiger charge is 2.08. The minimum atomic E-state index is -0.389. The summed E-state index contributed by atoms with van der Waals surface area (Å²) in [6, 6.07) is 24.2. The molecular weight excluding hydrogens is 402 g/mol. The van der Waals surface area contributed by atoms with Gasteiger partial charge in [-0.05, 0) is 54.0 Å². The number of hydrogen-bond donors (Lipinski definition) is 1. The van der Waals surface area contributed by atoms with Crippen LogP contribution in [0.2, 0.25) is 0 Å². The lowest BCUT2D eigenvalue weighted by Crippen LogP contribution is -2.10. The molecule has 3 aromatic rings. The maximum atomic E-state index is 12.3. The predicted octanol–water partition coefficient (Wildman–Crippen LogP) is 5.87. The van der Waals surface area contributed by atoms with E-state index in [2.05, 4.69) is 5.32 Å². The number of nitrogens with one attached hydrogen (secondary N) is 1. The minimum Gasteiger partial charge on any atom is -0.489 e. The molecule has 0 unspecified atom stereocenters. The topological polar surface area (TPSA) is 64.6 Å². The van der Waals surface area contributed by atoms with Gasteiger partial charge >= 0.3 is 5.97 Å². The molecule has 0 atom stereocenters. The van der Waals surface area contributed by atoms with Crippen LogP contribution in [-0.4, -0.2) is 18.5 Å². The SMILES string of the molecule is CCCCOC(=O)c1cccc(NC(=O)C=Cc2ccc(OCc3ccccc3)cc2)c1. The van der Waals surface area contributed by atoms with Crippen LogP contribution in [0.3, 0.4) is 0 Å². The number of ether oxygens (including phenoxy) is 2. The lowest BCUT2D eigenvalue weighted by Gasteiger charge is -2.07. The Morgan fingerprint density at radius 2 is 1.72 bits per heavy atom. The molecule has 0 saturated carbocycles. The first-order chi connectivity index (χ1) is 15.6. The molecule has 0 aliphatic rings. The van der Waals surface area contributed by atoms with E-state index in [9.17, 15) is 9.59 Å². The Morgan fingerprint density at radius 1 is 0.938 bits per heavy atom. The number of esters is 1. The molecule has 0 spiro atoms. The number of anilines is 1. The van der Waals surface area contributed by atoms with Gasteiger partial charge in [0.25, 0.3) is 0 Å². The van der Waals surface area contributed by atoms with Crippen molar-refractivity contribution in [2.75, 3.05) is 11.9 Å². The Bertz CT molecular complexity index is 1040. The number of hydrogen-bond acceptors (Lipinski definition) is 4. The van der Waals surface area contributed by atoms with Crippen molar-refractivity contribution in [1.29, 1.82) is 0 Å². The van der Waals surface area contributed by atoms with Gasteiger partial charge in [0.2, 0.25) is 5.91 Å². The summed E-state index contributed by atoms with van der Waals surface area (Å²) in [7, 11) is 0. The molecule has 32 heavy (non-hydrogen) atoms. The van der Waals surface area contributed by atoms with E-state index >= 15 is 0 Å².